The number of nitrogens with one attached hydrogen (secondary N) is 1. The molecular weight excluding hydrogens is 561 g/mol. The number of ether oxygens (including phenoxy) is 2. The minimum atomic E-state index is -3.94. The van der Waals surface area contributed by atoms with Crippen molar-refractivity contribution >= 4 is 27.5 Å². The quantitative estimate of drug-likeness (QED) is 0.341. The van der Waals surface area contributed by atoms with Crippen LogP contribution in [0.2, 0.25) is 0 Å². The zero-order valence-corrected chi connectivity index (χ0v) is 24.8. The van der Waals surface area contributed by atoms with E-state index in [0.717, 1.165) is 16.1 Å². The molecule has 1 aliphatic heterocycles. The van der Waals surface area contributed by atoms with Crippen molar-refractivity contribution in [3.05, 3.63) is 89.7 Å². The predicted molar refractivity (Wildman–Crippen MR) is 158 cm³/mol. The van der Waals surface area contributed by atoms with Crippen molar-refractivity contribution in [2.75, 3.05) is 36.9 Å². The van der Waals surface area contributed by atoms with Gasteiger partial charge >= 0.3 is 0 Å². The van der Waals surface area contributed by atoms with Crippen LogP contribution in [0.3, 0.4) is 0 Å². The Morgan fingerprint density at radius 2 is 1.60 bits per heavy atom. The van der Waals surface area contributed by atoms with Crippen LogP contribution in [-0.4, -0.2) is 63.7 Å². The number of hydrogen-bond donors (Lipinski definition) is 1. The van der Waals surface area contributed by atoms with Crippen molar-refractivity contribution in [2.45, 2.75) is 32.9 Å². The topological polar surface area (TPSA) is 105 Å². The lowest BCUT2D eigenvalue weighted by Gasteiger charge is -2.34. The van der Waals surface area contributed by atoms with Crippen LogP contribution in [0.1, 0.15) is 25.0 Å². The number of fused-ring (bicyclic) bond motifs is 1. The summed E-state index contributed by atoms with van der Waals surface area (Å²) in [7, 11) is -3.94. The average Bonchev–Trinajstić information content (AvgIpc) is 2.97. The predicted octanol–water partition coefficient (Wildman–Crippen LogP) is 3.78. The minimum absolute atomic E-state index is 0.0372. The van der Waals surface area contributed by atoms with Gasteiger partial charge < -0.3 is 19.7 Å². The van der Waals surface area contributed by atoms with Crippen LogP contribution in [0.25, 0.3) is 0 Å². The monoisotopic (exact) mass is 597 g/mol. The summed E-state index contributed by atoms with van der Waals surface area (Å²) in [6, 6.07) is 18.6. The van der Waals surface area contributed by atoms with Gasteiger partial charge in [-0.2, -0.15) is 0 Å². The van der Waals surface area contributed by atoms with Crippen LogP contribution in [0.4, 0.5) is 10.1 Å². The molecule has 0 aliphatic carbocycles. The van der Waals surface area contributed by atoms with E-state index in [0.29, 0.717) is 36.8 Å². The van der Waals surface area contributed by atoms with Gasteiger partial charge in [0.25, 0.3) is 0 Å². The third kappa shape index (κ3) is 8.22. The molecule has 1 heterocycles. The molecule has 1 atom stereocenters. The van der Waals surface area contributed by atoms with Crippen LogP contribution in [0.15, 0.2) is 72.8 Å². The molecule has 0 aromatic heterocycles. The first-order valence-corrected chi connectivity index (χ1v) is 15.6. The molecule has 0 unspecified atom stereocenters. The Bertz CT molecular complexity index is 1480. The van der Waals surface area contributed by atoms with Gasteiger partial charge in [-0.15, -0.1) is 0 Å². The van der Waals surface area contributed by atoms with Gasteiger partial charge in [-0.05, 0) is 41.3 Å². The Kier molecular flexibility index (Phi) is 10.1. The van der Waals surface area contributed by atoms with Crippen LogP contribution < -0.4 is 19.1 Å². The van der Waals surface area contributed by atoms with Crippen molar-refractivity contribution in [3.8, 4) is 11.5 Å². The molecule has 1 N–H and O–H groups in total. The first-order chi connectivity index (χ1) is 20.0. The van der Waals surface area contributed by atoms with Gasteiger partial charge in [0.15, 0.2) is 11.5 Å². The second kappa shape index (κ2) is 13.7. The molecule has 0 spiro atoms. The first kappa shape index (κ1) is 30.8. The van der Waals surface area contributed by atoms with Gasteiger partial charge in [0.05, 0.1) is 11.9 Å². The largest absolute Gasteiger partial charge is 0.486 e. The van der Waals surface area contributed by atoms with Crippen molar-refractivity contribution in [3.63, 3.8) is 0 Å². The van der Waals surface area contributed by atoms with Gasteiger partial charge in [-0.1, -0.05) is 56.3 Å². The molecule has 2 amide bonds. The number of sulfonamides is 1. The molecule has 1 aliphatic rings. The number of halogens is 1. The lowest BCUT2D eigenvalue weighted by Crippen LogP contribution is -2.53. The fraction of sp³-hybridized carbons (Fsp3) is 0.355. The van der Waals surface area contributed by atoms with E-state index in [-0.39, 0.29) is 30.5 Å². The zero-order valence-electron chi connectivity index (χ0n) is 24.0. The maximum absolute atomic E-state index is 14.1. The highest BCUT2D eigenvalue weighted by atomic mass is 32.2. The Morgan fingerprint density at radius 3 is 2.24 bits per heavy atom. The molecule has 0 saturated heterocycles. The van der Waals surface area contributed by atoms with E-state index in [1.54, 1.807) is 12.1 Å². The number of rotatable bonds is 12. The summed E-state index contributed by atoms with van der Waals surface area (Å²) in [5, 5.41) is 2.93. The van der Waals surface area contributed by atoms with E-state index < -0.39 is 34.3 Å². The number of hydrogen-bond acceptors (Lipinski definition) is 6. The van der Waals surface area contributed by atoms with Crippen LogP contribution in [0.5, 0.6) is 11.5 Å². The lowest BCUT2D eigenvalue weighted by molar-refractivity contribution is -0.140. The summed E-state index contributed by atoms with van der Waals surface area (Å²) in [5.74, 6) is -0.378. The summed E-state index contributed by atoms with van der Waals surface area (Å²) < 4.78 is 51.8. The zero-order chi connectivity index (χ0) is 30.3. The smallest absolute Gasteiger partial charge is 0.244 e. The average molecular weight is 598 g/mol. The normalized spacial score (nSPS) is 13.4. The van der Waals surface area contributed by atoms with Gasteiger partial charge in [0, 0.05) is 25.6 Å². The summed E-state index contributed by atoms with van der Waals surface area (Å²) in [4.78, 5) is 29.1. The third-order valence-electron chi connectivity index (χ3n) is 6.71. The maximum atomic E-state index is 14.1. The minimum Gasteiger partial charge on any atom is -0.486 e. The summed E-state index contributed by atoms with van der Waals surface area (Å²) in [6.45, 7) is 4.41. The van der Waals surface area contributed by atoms with E-state index in [4.69, 9.17) is 9.47 Å². The standard InChI is InChI=1S/C31H36FN3O6S/c1-22(2)19-33-31(37)27(17-23-7-5-4-6-8-23)34(20-24-9-11-25(32)12-10-24)30(36)21-35(42(3,38)39)26-13-14-28-29(18-26)41-16-15-40-28/h4-14,18,22,27H,15-17,19-21H2,1-3H3,(H,33,37)/t27-/m0/s1. The van der Waals surface area contributed by atoms with Gasteiger partial charge in [-0.3, -0.25) is 13.9 Å². The Hall–Kier alpha value is -4.12. The summed E-state index contributed by atoms with van der Waals surface area (Å²) in [5.41, 5.74) is 1.64. The number of carbonyl (C=O) groups is 2. The summed E-state index contributed by atoms with van der Waals surface area (Å²) >= 11 is 0. The molecule has 3 aromatic carbocycles. The molecule has 0 fully saturated rings. The maximum Gasteiger partial charge on any atom is 0.244 e. The highest BCUT2D eigenvalue weighted by Gasteiger charge is 2.33. The number of carbonyl (C=O) groups excluding carboxylic acids is 2. The van der Waals surface area contributed by atoms with E-state index in [2.05, 4.69) is 5.32 Å². The molecule has 4 rings (SSSR count). The van der Waals surface area contributed by atoms with Gasteiger partial charge in [-0.25, -0.2) is 12.8 Å². The number of amides is 2. The number of benzene rings is 3. The Labute approximate surface area is 246 Å². The molecule has 224 valence electrons. The van der Waals surface area contributed by atoms with Crippen molar-refractivity contribution in [1.82, 2.24) is 10.2 Å². The van der Waals surface area contributed by atoms with Crippen molar-refractivity contribution in [2.24, 2.45) is 5.92 Å². The van der Waals surface area contributed by atoms with E-state index in [9.17, 15) is 22.4 Å². The highest BCUT2D eigenvalue weighted by molar-refractivity contribution is 7.92. The Balaban J connectivity index is 1.71. The lowest BCUT2D eigenvalue weighted by atomic mass is 10.0. The fourth-order valence-electron chi connectivity index (χ4n) is 4.56. The van der Waals surface area contributed by atoms with Gasteiger partial charge in [0.2, 0.25) is 21.8 Å². The van der Waals surface area contributed by atoms with Crippen LogP contribution in [0, 0.1) is 11.7 Å². The fourth-order valence-corrected chi connectivity index (χ4v) is 5.41. The highest BCUT2D eigenvalue weighted by Crippen LogP contribution is 2.34. The molecule has 9 nitrogen and oxygen atoms in total. The second-order valence-electron chi connectivity index (χ2n) is 10.6. The molecule has 0 radical (unpaired) electrons. The summed E-state index contributed by atoms with van der Waals surface area (Å²) in [6.07, 6.45) is 1.21. The van der Waals surface area contributed by atoms with Gasteiger partial charge in [0.1, 0.15) is 31.6 Å². The molecule has 0 bridgehead atoms. The Morgan fingerprint density at radius 1 is 0.929 bits per heavy atom. The van der Waals surface area contributed by atoms with Crippen LogP contribution in [-0.2, 0) is 32.6 Å². The molecule has 3 aromatic rings. The second-order valence-corrected chi connectivity index (χ2v) is 12.5. The number of nitrogens with zero attached hydrogens (tertiary/aromatic N) is 2. The van der Waals surface area contributed by atoms with Crippen LogP contribution >= 0.6 is 0 Å². The van der Waals surface area contributed by atoms with Crippen molar-refractivity contribution < 1.29 is 31.9 Å². The molecular formula is C31H36FN3O6S. The van der Waals surface area contributed by atoms with E-state index in [1.807, 2.05) is 44.2 Å². The van der Waals surface area contributed by atoms with E-state index >= 15 is 0 Å². The first-order valence-electron chi connectivity index (χ1n) is 13.7. The molecule has 11 heteroatoms. The SMILES string of the molecule is CC(C)CNC(=O)[C@H](Cc1ccccc1)N(Cc1ccc(F)cc1)C(=O)CN(c1ccc2c(c1)OCCO2)S(C)(=O)=O. The number of anilines is 1. The molecule has 0 saturated carbocycles. The van der Waals surface area contributed by atoms with Crippen molar-refractivity contribution in [1.29, 1.82) is 0 Å². The molecule has 42 heavy (non-hydrogen) atoms. The third-order valence-corrected chi connectivity index (χ3v) is 7.86. The van der Waals surface area contributed by atoms with E-state index in [1.165, 1.54) is 35.2 Å².